The Morgan fingerprint density at radius 3 is 1.53 bits per heavy atom. The molecule has 0 N–H and O–H groups in total. The van der Waals surface area contributed by atoms with Crippen molar-refractivity contribution in [3.05, 3.63) is 59.7 Å². The first-order chi connectivity index (χ1) is 17.8. The van der Waals surface area contributed by atoms with Crippen LogP contribution in [0.3, 0.4) is 0 Å². The molecule has 204 valence electrons. The molecule has 0 bridgehead atoms. The second-order valence-corrected chi connectivity index (χ2v) is 21.6. The molecule has 0 aliphatic heterocycles. The molecule has 0 aliphatic rings. The zero-order chi connectivity index (χ0) is 28.1. The third-order valence-electron chi connectivity index (χ3n) is 6.30. The lowest BCUT2D eigenvalue weighted by atomic mass is 10.1. The van der Waals surface area contributed by atoms with Crippen molar-refractivity contribution in [3.63, 3.8) is 0 Å². The molecule has 6 nitrogen and oxygen atoms in total. The van der Waals surface area contributed by atoms with Crippen molar-refractivity contribution in [1.29, 1.82) is 0 Å². The first-order valence-electron chi connectivity index (χ1n) is 13.0. The summed E-state index contributed by atoms with van der Waals surface area (Å²) in [7, 11) is -1.76. The van der Waals surface area contributed by atoms with Crippen LogP contribution in [0.4, 0.5) is 0 Å². The number of benzene rings is 3. The number of ketones is 1. The Morgan fingerprint density at radius 1 is 0.658 bits per heavy atom. The van der Waals surface area contributed by atoms with Gasteiger partial charge in [-0.1, -0.05) is 63.5 Å². The molecule has 0 aromatic heterocycles. The fourth-order valence-electron chi connectivity index (χ4n) is 4.16. The lowest BCUT2D eigenvalue weighted by Crippen LogP contribution is -2.40. The van der Waals surface area contributed by atoms with Gasteiger partial charge < -0.3 is 18.9 Å². The molecule has 0 aliphatic carbocycles. The van der Waals surface area contributed by atoms with E-state index in [1.54, 1.807) is 31.4 Å². The van der Waals surface area contributed by atoms with Gasteiger partial charge in [-0.25, -0.2) is 4.79 Å². The minimum absolute atomic E-state index is 0.0429. The number of hydrogen-bond donors (Lipinski definition) is 0. The highest BCUT2D eigenvalue weighted by Crippen LogP contribution is 2.27. The summed E-state index contributed by atoms with van der Waals surface area (Å²) in [5, 5.41) is 4.71. The molecule has 0 atom stereocenters. The van der Waals surface area contributed by atoms with Crippen LogP contribution in [0.15, 0.2) is 48.5 Å². The molecule has 0 spiro atoms. The highest BCUT2D eigenvalue weighted by atomic mass is 28.3. The molecular formula is C30H40O6Si2. The molecule has 8 heteroatoms. The second kappa shape index (κ2) is 12.3. The van der Waals surface area contributed by atoms with E-state index >= 15 is 0 Å². The molecule has 3 aromatic rings. The number of carbonyl (C=O) groups excluding carboxylic acids is 2. The summed E-state index contributed by atoms with van der Waals surface area (Å²) >= 11 is 0. The van der Waals surface area contributed by atoms with Gasteiger partial charge in [-0.15, -0.1) is 0 Å². The maximum Gasteiger partial charge on any atom is 0.338 e. The highest BCUT2D eigenvalue weighted by Gasteiger charge is 2.25. The fourth-order valence-corrected chi connectivity index (χ4v) is 7.11. The van der Waals surface area contributed by atoms with Crippen LogP contribution in [0.2, 0.25) is 39.3 Å². The van der Waals surface area contributed by atoms with Crippen molar-refractivity contribution < 1.29 is 28.5 Å². The summed E-state index contributed by atoms with van der Waals surface area (Å²) in [4.78, 5) is 23.9. The van der Waals surface area contributed by atoms with Crippen LogP contribution in [0, 0.1) is 0 Å². The van der Waals surface area contributed by atoms with Crippen molar-refractivity contribution in [1.82, 2.24) is 0 Å². The fraction of sp³-hybridized carbons (Fsp3) is 0.400. The summed E-state index contributed by atoms with van der Waals surface area (Å²) in [6.07, 6.45) is 0. The van der Waals surface area contributed by atoms with Crippen molar-refractivity contribution in [2.24, 2.45) is 0 Å². The third-order valence-corrected chi connectivity index (χ3v) is 10.3. The number of rotatable bonds is 12. The minimum Gasteiger partial charge on any atom is -0.491 e. The predicted molar refractivity (Wildman–Crippen MR) is 160 cm³/mol. The Morgan fingerprint density at radius 2 is 1.11 bits per heavy atom. The Bertz CT molecular complexity index is 1290. The van der Waals surface area contributed by atoms with E-state index in [9.17, 15) is 9.59 Å². The number of Topliss-reactive ketones (excluding diaryl/α,β-unsaturated/α-hetero) is 1. The topological polar surface area (TPSA) is 71.1 Å². The molecule has 0 fully saturated rings. The summed E-state index contributed by atoms with van der Waals surface area (Å²) in [6.45, 7) is 16.7. The van der Waals surface area contributed by atoms with E-state index in [0.717, 1.165) is 22.3 Å². The summed E-state index contributed by atoms with van der Waals surface area (Å²) in [6, 6.07) is 15.2. The van der Waals surface area contributed by atoms with Gasteiger partial charge in [-0.2, -0.15) is 0 Å². The maximum atomic E-state index is 12.4. The Kier molecular flexibility index (Phi) is 9.56. The maximum absolute atomic E-state index is 12.4. The lowest BCUT2D eigenvalue weighted by molar-refractivity contribution is 0.0451. The summed E-state index contributed by atoms with van der Waals surface area (Å²) < 4.78 is 23.0. The highest BCUT2D eigenvalue weighted by molar-refractivity contribution is 6.90. The van der Waals surface area contributed by atoms with Gasteiger partial charge in [-0.3, -0.25) is 4.79 Å². The average molecular weight is 553 g/mol. The first kappa shape index (κ1) is 29.6. The van der Waals surface area contributed by atoms with Crippen LogP contribution in [0.25, 0.3) is 10.8 Å². The molecular weight excluding hydrogens is 512 g/mol. The number of esters is 1. The van der Waals surface area contributed by atoms with E-state index in [1.165, 1.54) is 17.3 Å². The van der Waals surface area contributed by atoms with Gasteiger partial charge in [0.1, 0.15) is 31.3 Å². The third kappa shape index (κ3) is 7.55. The molecule has 38 heavy (non-hydrogen) atoms. The molecule has 0 heterocycles. The molecule has 0 unspecified atom stereocenters. The SMILES string of the molecule is COCCOc1cc2cc([Si](C)(C)C)c(OCCOC(=O)c3ccc(C(C)=O)cc3)cc2cc1[Si](C)(C)C. The molecule has 0 radical (unpaired) electrons. The van der Waals surface area contributed by atoms with Crippen molar-refractivity contribution >= 4 is 49.0 Å². The number of carbonyl (C=O) groups is 2. The monoisotopic (exact) mass is 552 g/mol. The molecule has 3 rings (SSSR count). The van der Waals surface area contributed by atoms with Crippen LogP contribution in [-0.4, -0.2) is 61.4 Å². The minimum atomic E-state index is -1.76. The van der Waals surface area contributed by atoms with Gasteiger partial charge in [0.2, 0.25) is 0 Å². The van der Waals surface area contributed by atoms with Gasteiger partial charge in [0.25, 0.3) is 0 Å². The van der Waals surface area contributed by atoms with Gasteiger partial charge in [0.05, 0.1) is 28.3 Å². The zero-order valence-corrected chi connectivity index (χ0v) is 25.9. The smallest absolute Gasteiger partial charge is 0.338 e. The molecule has 3 aromatic carbocycles. The summed E-state index contributed by atoms with van der Waals surface area (Å²) in [5.74, 6) is 1.30. The van der Waals surface area contributed by atoms with E-state index in [-0.39, 0.29) is 19.0 Å². The van der Waals surface area contributed by atoms with Crippen LogP contribution in [-0.2, 0) is 9.47 Å². The Hall–Kier alpha value is -2.95. The first-order valence-corrected chi connectivity index (χ1v) is 20.0. The number of methoxy groups -OCH3 is 1. The largest absolute Gasteiger partial charge is 0.491 e. The number of fused-ring (bicyclic) bond motifs is 1. The van der Waals surface area contributed by atoms with E-state index in [1.807, 2.05) is 0 Å². The van der Waals surface area contributed by atoms with E-state index < -0.39 is 22.1 Å². The van der Waals surface area contributed by atoms with E-state index in [2.05, 4.69) is 63.5 Å². The van der Waals surface area contributed by atoms with Gasteiger partial charge in [0.15, 0.2) is 5.78 Å². The Balaban J connectivity index is 1.82. The van der Waals surface area contributed by atoms with Crippen LogP contribution >= 0.6 is 0 Å². The van der Waals surface area contributed by atoms with Crippen LogP contribution in [0.1, 0.15) is 27.6 Å². The Labute approximate surface area is 228 Å². The van der Waals surface area contributed by atoms with E-state index in [4.69, 9.17) is 18.9 Å². The van der Waals surface area contributed by atoms with Gasteiger partial charge in [-0.05, 0) is 52.3 Å². The van der Waals surface area contributed by atoms with Crippen molar-refractivity contribution in [2.45, 2.75) is 46.2 Å². The molecule has 0 saturated heterocycles. The number of ether oxygens (including phenoxy) is 4. The van der Waals surface area contributed by atoms with Crippen LogP contribution < -0.4 is 19.8 Å². The zero-order valence-electron chi connectivity index (χ0n) is 23.9. The van der Waals surface area contributed by atoms with Gasteiger partial charge in [0, 0.05) is 12.7 Å². The molecule has 0 saturated carbocycles. The normalized spacial score (nSPS) is 11.9. The predicted octanol–water partition coefficient (Wildman–Crippen LogP) is 5.39. The van der Waals surface area contributed by atoms with Crippen LogP contribution in [0.5, 0.6) is 11.5 Å². The van der Waals surface area contributed by atoms with E-state index in [0.29, 0.717) is 24.3 Å². The van der Waals surface area contributed by atoms with Crippen molar-refractivity contribution in [3.8, 4) is 11.5 Å². The quantitative estimate of drug-likeness (QED) is 0.130. The second-order valence-electron chi connectivity index (χ2n) is 11.5. The average Bonchev–Trinajstić information content (AvgIpc) is 2.84. The molecule has 0 amide bonds. The number of hydrogen-bond acceptors (Lipinski definition) is 6. The summed E-state index contributed by atoms with van der Waals surface area (Å²) in [5.41, 5.74) is 0.969. The lowest BCUT2D eigenvalue weighted by Gasteiger charge is -2.25. The van der Waals surface area contributed by atoms with Crippen molar-refractivity contribution in [2.75, 3.05) is 33.5 Å². The standard InChI is InChI=1S/C30H40O6Si2/c1-21(31)22-9-11-23(12-10-22)30(32)36-16-15-35-27-18-25-19-28(37(3,4)5)26(34-14-13-33-2)17-24(25)20-29(27)38(6,7)8/h9-12,17-20H,13-16H2,1-8H3. The van der Waals surface area contributed by atoms with Gasteiger partial charge >= 0.3 is 5.97 Å².